The van der Waals surface area contributed by atoms with Crippen LogP contribution < -0.4 is 19.1 Å². The van der Waals surface area contributed by atoms with Crippen molar-refractivity contribution in [1.82, 2.24) is 5.32 Å². The number of ether oxygens (including phenoxy) is 2. The number of hydrogen-bond donors (Lipinski definition) is 1. The van der Waals surface area contributed by atoms with E-state index in [1.165, 1.54) is 19.1 Å². The van der Waals surface area contributed by atoms with Crippen LogP contribution in [0.3, 0.4) is 0 Å². The number of carbonyl (C=O) groups is 1. The third kappa shape index (κ3) is 6.09. The first kappa shape index (κ1) is 23.5. The van der Waals surface area contributed by atoms with Crippen molar-refractivity contribution in [2.75, 3.05) is 31.3 Å². The maximum atomic E-state index is 13.2. The molecule has 0 saturated carbocycles. The molecule has 2 aromatic rings. The highest BCUT2D eigenvalue weighted by Gasteiger charge is 2.28. The van der Waals surface area contributed by atoms with E-state index in [4.69, 9.17) is 9.47 Å². The molecule has 30 heavy (non-hydrogen) atoms. The number of nitrogens with one attached hydrogen (secondary N) is 1. The lowest BCUT2D eigenvalue weighted by atomic mass is 10.1. The van der Waals surface area contributed by atoms with Gasteiger partial charge in [0.25, 0.3) is 0 Å². The summed E-state index contributed by atoms with van der Waals surface area (Å²) in [7, 11) is -0.602. The number of carbonyl (C=O) groups excluding carboxylic acids is 1. The third-order valence-corrected chi connectivity index (χ3v) is 5.80. The van der Waals surface area contributed by atoms with Gasteiger partial charge in [0.05, 0.1) is 26.2 Å². The van der Waals surface area contributed by atoms with Crippen LogP contribution >= 0.6 is 0 Å². The van der Waals surface area contributed by atoms with Crippen LogP contribution in [0.2, 0.25) is 0 Å². The molecule has 0 bridgehead atoms. The number of halogens is 1. The van der Waals surface area contributed by atoms with Crippen LogP contribution in [-0.4, -0.2) is 47.4 Å². The summed E-state index contributed by atoms with van der Waals surface area (Å²) in [5, 5.41) is 2.76. The average molecular weight is 439 g/mol. The van der Waals surface area contributed by atoms with Crippen LogP contribution in [-0.2, 0) is 21.2 Å². The fourth-order valence-electron chi connectivity index (χ4n) is 3.08. The molecule has 0 spiro atoms. The minimum Gasteiger partial charge on any atom is -0.493 e. The molecule has 9 heteroatoms. The van der Waals surface area contributed by atoms with Gasteiger partial charge in [-0.25, -0.2) is 12.8 Å². The van der Waals surface area contributed by atoms with Gasteiger partial charge in [-0.1, -0.05) is 6.07 Å². The van der Waals surface area contributed by atoms with E-state index in [0.717, 1.165) is 28.3 Å². The Morgan fingerprint density at radius 3 is 2.30 bits per heavy atom. The molecule has 1 atom stereocenters. The summed E-state index contributed by atoms with van der Waals surface area (Å²) in [6.07, 6.45) is 2.36. The SMILES string of the molecule is COc1ccc(CCCNC(=O)[C@H](C)N(c2ccc(F)cc2)S(C)(=O)=O)cc1OC. The molecule has 0 unspecified atom stereocenters. The largest absolute Gasteiger partial charge is 0.493 e. The minimum atomic E-state index is -3.74. The maximum absolute atomic E-state index is 13.2. The van der Waals surface area contributed by atoms with Crippen LogP contribution in [0.25, 0.3) is 0 Å². The molecule has 2 rings (SSSR count). The Kier molecular flexibility index (Phi) is 8.05. The molecule has 164 valence electrons. The summed E-state index contributed by atoms with van der Waals surface area (Å²) in [4.78, 5) is 12.5. The number of sulfonamides is 1. The predicted octanol–water partition coefficient (Wildman–Crippen LogP) is 2.75. The van der Waals surface area contributed by atoms with Gasteiger partial charge < -0.3 is 14.8 Å². The van der Waals surface area contributed by atoms with E-state index in [2.05, 4.69) is 5.32 Å². The third-order valence-electron chi connectivity index (χ3n) is 4.56. The average Bonchev–Trinajstić information content (AvgIpc) is 2.71. The van der Waals surface area contributed by atoms with Crippen molar-refractivity contribution < 1.29 is 27.1 Å². The molecule has 0 aliphatic rings. The Morgan fingerprint density at radius 2 is 1.73 bits per heavy atom. The first-order chi connectivity index (χ1) is 14.2. The number of nitrogens with zero attached hydrogens (tertiary/aromatic N) is 1. The van der Waals surface area contributed by atoms with Gasteiger partial charge in [-0.15, -0.1) is 0 Å². The lowest BCUT2D eigenvalue weighted by molar-refractivity contribution is -0.121. The molecule has 0 fully saturated rings. The first-order valence-electron chi connectivity index (χ1n) is 9.41. The van der Waals surface area contributed by atoms with Crippen molar-refractivity contribution in [3.05, 3.63) is 53.8 Å². The monoisotopic (exact) mass is 438 g/mol. The fraction of sp³-hybridized carbons (Fsp3) is 0.381. The van der Waals surface area contributed by atoms with Crippen LogP contribution in [0.4, 0.5) is 10.1 Å². The molecule has 7 nitrogen and oxygen atoms in total. The summed E-state index contributed by atoms with van der Waals surface area (Å²) in [5.74, 6) is 0.359. The summed E-state index contributed by atoms with van der Waals surface area (Å²) < 4.78 is 49.1. The normalized spacial score (nSPS) is 12.2. The molecule has 2 aromatic carbocycles. The molecule has 0 aromatic heterocycles. The summed E-state index contributed by atoms with van der Waals surface area (Å²) in [6, 6.07) is 9.61. The standard InChI is InChI=1S/C21H27FN2O5S/c1-15(24(30(4,26)27)18-10-8-17(22)9-11-18)21(25)23-13-5-6-16-7-12-19(28-2)20(14-16)29-3/h7-12,14-15H,5-6,13H2,1-4H3,(H,23,25)/t15-/m0/s1. The zero-order valence-electron chi connectivity index (χ0n) is 17.5. The van der Waals surface area contributed by atoms with E-state index in [9.17, 15) is 17.6 Å². The number of aryl methyl sites for hydroxylation is 1. The van der Waals surface area contributed by atoms with Crippen molar-refractivity contribution >= 4 is 21.6 Å². The molecule has 0 saturated heterocycles. The Labute approximate surface area is 176 Å². The van der Waals surface area contributed by atoms with Crippen molar-refractivity contribution in [2.45, 2.75) is 25.8 Å². The molecule has 1 N–H and O–H groups in total. The Hall–Kier alpha value is -2.81. The minimum absolute atomic E-state index is 0.229. The van der Waals surface area contributed by atoms with Gasteiger partial charge in [-0.3, -0.25) is 9.10 Å². The van der Waals surface area contributed by atoms with E-state index >= 15 is 0 Å². The van der Waals surface area contributed by atoms with E-state index in [-0.39, 0.29) is 5.69 Å². The van der Waals surface area contributed by atoms with Crippen LogP contribution in [0, 0.1) is 5.82 Å². The topological polar surface area (TPSA) is 84.9 Å². The van der Waals surface area contributed by atoms with Gasteiger partial charge in [0.1, 0.15) is 11.9 Å². The number of methoxy groups -OCH3 is 2. The molecule has 0 aliphatic carbocycles. The number of rotatable bonds is 10. The molecular weight excluding hydrogens is 411 g/mol. The van der Waals surface area contributed by atoms with Crippen LogP contribution in [0.1, 0.15) is 18.9 Å². The first-order valence-corrected chi connectivity index (χ1v) is 11.3. The zero-order valence-corrected chi connectivity index (χ0v) is 18.3. The van der Waals surface area contributed by atoms with E-state index in [1.54, 1.807) is 14.2 Å². The van der Waals surface area contributed by atoms with E-state index in [0.29, 0.717) is 30.9 Å². The van der Waals surface area contributed by atoms with Crippen LogP contribution in [0.5, 0.6) is 11.5 Å². The second-order valence-corrected chi connectivity index (χ2v) is 8.65. The smallest absolute Gasteiger partial charge is 0.243 e. The van der Waals surface area contributed by atoms with Gasteiger partial charge in [-0.05, 0) is 61.7 Å². The summed E-state index contributed by atoms with van der Waals surface area (Å²) >= 11 is 0. The highest BCUT2D eigenvalue weighted by molar-refractivity contribution is 7.92. The Bertz CT molecular complexity index is 964. The number of anilines is 1. The zero-order chi connectivity index (χ0) is 22.3. The second kappa shape index (κ2) is 10.3. The van der Waals surface area contributed by atoms with E-state index < -0.39 is 27.8 Å². The molecule has 0 heterocycles. The van der Waals surface area contributed by atoms with Gasteiger partial charge in [-0.2, -0.15) is 0 Å². The molecular formula is C21H27FN2O5S. The van der Waals surface area contributed by atoms with Gasteiger partial charge in [0.15, 0.2) is 11.5 Å². The van der Waals surface area contributed by atoms with Crippen molar-refractivity contribution in [3.8, 4) is 11.5 Å². The molecule has 0 radical (unpaired) electrons. The van der Waals surface area contributed by atoms with Gasteiger partial charge in [0.2, 0.25) is 15.9 Å². The highest BCUT2D eigenvalue weighted by Crippen LogP contribution is 2.28. The predicted molar refractivity (Wildman–Crippen MR) is 114 cm³/mol. The summed E-state index contributed by atoms with van der Waals surface area (Å²) in [5.41, 5.74) is 1.26. The van der Waals surface area contributed by atoms with Gasteiger partial charge >= 0.3 is 0 Å². The van der Waals surface area contributed by atoms with Crippen molar-refractivity contribution in [3.63, 3.8) is 0 Å². The van der Waals surface area contributed by atoms with Crippen molar-refractivity contribution in [1.29, 1.82) is 0 Å². The Morgan fingerprint density at radius 1 is 1.10 bits per heavy atom. The number of amides is 1. The van der Waals surface area contributed by atoms with E-state index in [1.807, 2.05) is 18.2 Å². The van der Waals surface area contributed by atoms with Gasteiger partial charge in [0, 0.05) is 6.54 Å². The fourth-order valence-corrected chi connectivity index (χ4v) is 4.26. The van der Waals surface area contributed by atoms with Crippen molar-refractivity contribution in [2.24, 2.45) is 0 Å². The quantitative estimate of drug-likeness (QED) is 0.577. The maximum Gasteiger partial charge on any atom is 0.243 e. The second-order valence-electron chi connectivity index (χ2n) is 6.80. The number of hydrogen-bond acceptors (Lipinski definition) is 5. The molecule has 1 amide bonds. The number of benzene rings is 2. The lowest BCUT2D eigenvalue weighted by Gasteiger charge is -2.28. The Balaban J connectivity index is 1.96. The molecule has 0 aliphatic heterocycles. The summed E-state index contributed by atoms with van der Waals surface area (Å²) in [6.45, 7) is 1.87. The highest BCUT2D eigenvalue weighted by atomic mass is 32.2. The van der Waals surface area contributed by atoms with Crippen LogP contribution in [0.15, 0.2) is 42.5 Å². The lowest BCUT2D eigenvalue weighted by Crippen LogP contribution is -2.48.